The van der Waals surface area contributed by atoms with Crippen LogP contribution in [-0.4, -0.2) is 30.2 Å². The van der Waals surface area contributed by atoms with Gasteiger partial charge in [0.25, 0.3) is 9.05 Å². The van der Waals surface area contributed by atoms with Crippen LogP contribution in [0.3, 0.4) is 0 Å². The van der Waals surface area contributed by atoms with Crippen LogP contribution in [0.5, 0.6) is 5.75 Å². The van der Waals surface area contributed by atoms with Crippen molar-refractivity contribution < 1.29 is 21.6 Å². The monoisotopic (exact) mass is 299 g/mol. The highest BCUT2D eigenvalue weighted by Crippen LogP contribution is 2.29. The summed E-state index contributed by atoms with van der Waals surface area (Å²) < 4.78 is 51.3. The predicted molar refractivity (Wildman–Crippen MR) is 64.5 cm³/mol. The van der Waals surface area contributed by atoms with Crippen molar-refractivity contribution in [2.45, 2.75) is 4.90 Å². The van der Waals surface area contributed by atoms with Gasteiger partial charge in [0.2, 0.25) is 10.0 Å². The molecule has 0 unspecified atom stereocenters. The lowest BCUT2D eigenvalue weighted by Crippen LogP contribution is -2.10. The first-order valence-electron chi connectivity index (χ1n) is 4.24. The molecule has 0 aromatic heterocycles. The number of hydrogen-bond donors (Lipinski definition) is 1. The second-order valence-corrected chi connectivity index (χ2v) is 7.46. The van der Waals surface area contributed by atoms with Crippen LogP contribution in [0.2, 0.25) is 0 Å². The standard InChI is InChI=1S/C8H10ClNO5S2/c1-15-7-5-6(10-16(2,11)12)3-4-8(7)17(9,13)14/h3-5,10H,1-2H3. The molecule has 0 saturated heterocycles. The van der Waals surface area contributed by atoms with Crippen LogP contribution in [0.1, 0.15) is 0 Å². The molecule has 6 nitrogen and oxygen atoms in total. The molecule has 0 radical (unpaired) electrons. The van der Waals surface area contributed by atoms with Gasteiger partial charge in [-0.05, 0) is 12.1 Å². The van der Waals surface area contributed by atoms with Crippen LogP contribution in [-0.2, 0) is 19.1 Å². The van der Waals surface area contributed by atoms with E-state index in [4.69, 9.17) is 15.4 Å². The molecule has 9 heteroatoms. The SMILES string of the molecule is COc1cc(NS(C)(=O)=O)ccc1S(=O)(=O)Cl. The summed E-state index contributed by atoms with van der Waals surface area (Å²) in [5.74, 6) is -0.0337. The molecule has 0 aliphatic heterocycles. The van der Waals surface area contributed by atoms with Crippen LogP contribution in [0.25, 0.3) is 0 Å². The number of methoxy groups -OCH3 is 1. The maximum absolute atomic E-state index is 11.2. The van der Waals surface area contributed by atoms with Crippen molar-refractivity contribution in [1.82, 2.24) is 0 Å². The molecule has 0 saturated carbocycles. The number of hydrogen-bond acceptors (Lipinski definition) is 5. The Labute approximate surface area is 104 Å². The number of anilines is 1. The lowest BCUT2D eigenvalue weighted by molar-refractivity contribution is 0.403. The van der Waals surface area contributed by atoms with Crippen LogP contribution >= 0.6 is 10.7 Å². The highest BCUT2D eigenvalue weighted by molar-refractivity contribution is 8.13. The highest BCUT2D eigenvalue weighted by Gasteiger charge is 2.17. The largest absolute Gasteiger partial charge is 0.495 e. The lowest BCUT2D eigenvalue weighted by Gasteiger charge is -2.09. The zero-order valence-corrected chi connectivity index (χ0v) is 11.4. The van der Waals surface area contributed by atoms with E-state index < -0.39 is 19.1 Å². The predicted octanol–water partition coefficient (Wildman–Crippen LogP) is 0.994. The Kier molecular flexibility index (Phi) is 3.90. The Balaban J connectivity index is 3.28. The van der Waals surface area contributed by atoms with Gasteiger partial charge in [-0.2, -0.15) is 0 Å². The van der Waals surface area contributed by atoms with Gasteiger partial charge in [0.15, 0.2) is 0 Å². The molecule has 0 heterocycles. The van der Waals surface area contributed by atoms with Crippen molar-refractivity contribution in [3.8, 4) is 5.75 Å². The Hall–Kier alpha value is -0.990. The maximum Gasteiger partial charge on any atom is 0.264 e. The molecular weight excluding hydrogens is 290 g/mol. The Bertz CT molecular complexity index is 623. The van der Waals surface area contributed by atoms with Gasteiger partial charge in [-0.25, -0.2) is 16.8 Å². The minimum atomic E-state index is -3.94. The molecular formula is C8H10ClNO5S2. The molecule has 0 aliphatic rings. The van der Waals surface area contributed by atoms with Crippen molar-refractivity contribution in [2.75, 3.05) is 18.1 Å². The summed E-state index contributed by atoms with van der Waals surface area (Å²) in [6, 6.07) is 3.67. The van der Waals surface area contributed by atoms with Crippen molar-refractivity contribution in [3.63, 3.8) is 0 Å². The lowest BCUT2D eigenvalue weighted by atomic mass is 10.3. The molecule has 0 fully saturated rings. The summed E-state index contributed by atoms with van der Waals surface area (Å²) in [4.78, 5) is -0.222. The number of rotatable bonds is 4. The molecule has 1 rings (SSSR count). The molecule has 17 heavy (non-hydrogen) atoms. The minimum absolute atomic E-state index is 0.0337. The van der Waals surface area contributed by atoms with E-state index in [1.807, 2.05) is 0 Å². The molecule has 1 N–H and O–H groups in total. The zero-order chi connectivity index (χ0) is 13.3. The van der Waals surface area contributed by atoms with Gasteiger partial charge in [0, 0.05) is 16.7 Å². The molecule has 0 spiro atoms. The maximum atomic E-state index is 11.2. The minimum Gasteiger partial charge on any atom is -0.495 e. The fourth-order valence-electron chi connectivity index (χ4n) is 1.15. The topological polar surface area (TPSA) is 89.5 Å². The van der Waals surface area contributed by atoms with Crippen LogP contribution < -0.4 is 9.46 Å². The van der Waals surface area contributed by atoms with Crippen molar-refractivity contribution in [1.29, 1.82) is 0 Å². The Morgan fingerprint density at radius 2 is 1.82 bits per heavy atom. The summed E-state index contributed by atoms with van der Waals surface area (Å²) in [5, 5.41) is 0. The highest BCUT2D eigenvalue weighted by atomic mass is 35.7. The molecule has 1 aromatic carbocycles. The second kappa shape index (κ2) is 4.71. The van der Waals surface area contributed by atoms with Gasteiger partial charge in [0.1, 0.15) is 10.6 Å². The molecule has 96 valence electrons. The van der Waals surface area contributed by atoms with E-state index in [2.05, 4.69) is 4.72 Å². The van der Waals surface area contributed by atoms with Crippen LogP contribution in [0, 0.1) is 0 Å². The quantitative estimate of drug-likeness (QED) is 0.838. The first kappa shape index (κ1) is 14.1. The third kappa shape index (κ3) is 4.06. The fourth-order valence-corrected chi connectivity index (χ4v) is 2.70. The van der Waals surface area contributed by atoms with Gasteiger partial charge in [-0.1, -0.05) is 0 Å². The summed E-state index contributed by atoms with van der Waals surface area (Å²) in [6.45, 7) is 0. The van der Waals surface area contributed by atoms with Gasteiger partial charge in [-0.15, -0.1) is 0 Å². The average Bonchev–Trinajstić information content (AvgIpc) is 2.13. The normalized spacial score (nSPS) is 12.2. The number of sulfonamides is 1. The summed E-state index contributed by atoms with van der Waals surface area (Å²) >= 11 is 0. The van der Waals surface area contributed by atoms with Gasteiger partial charge in [-0.3, -0.25) is 4.72 Å². The van der Waals surface area contributed by atoms with Gasteiger partial charge >= 0.3 is 0 Å². The third-order valence-corrected chi connectivity index (χ3v) is 3.70. The second-order valence-electron chi connectivity index (χ2n) is 3.18. The summed E-state index contributed by atoms with van der Waals surface area (Å²) in [6.07, 6.45) is 0.978. The van der Waals surface area contributed by atoms with E-state index >= 15 is 0 Å². The van der Waals surface area contributed by atoms with Crippen LogP contribution in [0.15, 0.2) is 23.1 Å². The van der Waals surface area contributed by atoms with Gasteiger partial charge in [0.05, 0.1) is 19.1 Å². The van der Waals surface area contributed by atoms with E-state index in [1.54, 1.807) is 0 Å². The first-order chi connectivity index (χ1) is 7.63. The molecule has 0 atom stereocenters. The van der Waals surface area contributed by atoms with Crippen molar-refractivity contribution >= 4 is 35.4 Å². The average molecular weight is 300 g/mol. The Morgan fingerprint density at radius 1 is 1.24 bits per heavy atom. The third-order valence-electron chi connectivity index (χ3n) is 1.73. The Morgan fingerprint density at radius 3 is 2.24 bits per heavy atom. The van der Waals surface area contributed by atoms with Crippen molar-refractivity contribution in [2.24, 2.45) is 0 Å². The number of halogens is 1. The zero-order valence-electron chi connectivity index (χ0n) is 8.97. The number of benzene rings is 1. The van der Waals surface area contributed by atoms with E-state index in [0.717, 1.165) is 12.3 Å². The van der Waals surface area contributed by atoms with Crippen molar-refractivity contribution in [3.05, 3.63) is 18.2 Å². The number of nitrogens with one attached hydrogen (secondary N) is 1. The van der Waals surface area contributed by atoms with Gasteiger partial charge < -0.3 is 4.74 Å². The summed E-state index contributed by atoms with van der Waals surface area (Å²) in [7, 11) is -0.938. The summed E-state index contributed by atoms with van der Waals surface area (Å²) in [5.41, 5.74) is 0.188. The van der Waals surface area contributed by atoms with E-state index in [9.17, 15) is 16.8 Å². The van der Waals surface area contributed by atoms with E-state index in [0.29, 0.717) is 0 Å². The molecule has 1 aromatic rings. The van der Waals surface area contributed by atoms with Crippen LogP contribution in [0.4, 0.5) is 5.69 Å². The van der Waals surface area contributed by atoms with E-state index in [-0.39, 0.29) is 16.3 Å². The smallest absolute Gasteiger partial charge is 0.264 e. The van der Waals surface area contributed by atoms with E-state index in [1.165, 1.54) is 19.2 Å². The molecule has 0 bridgehead atoms. The molecule has 0 aliphatic carbocycles. The first-order valence-corrected chi connectivity index (χ1v) is 8.44. The number of ether oxygens (including phenoxy) is 1. The molecule has 0 amide bonds. The fraction of sp³-hybridized carbons (Fsp3) is 0.250.